The van der Waals surface area contributed by atoms with Crippen molar-refractivity contribution in [3.8, 4) is 0 Å². The number of rotatable bonds is 1. The van der Waals surface area contributed by atoms with Crippen LogP contribution in [0.3, 0.4) is 0 Å². The maximum atomic E-state index is 12.2. The van der Waals surface area contributed by atoms with Crippen molar-refractivity contribution in [1.29, 1.82) is 0 Å². The molecule has 1 fully saturated rings. The van der Waals surface area contributed by atoms with Crippen LogP contribution in [0.5, 0.6) is 0 Å². The van der Waals surface area contributed by atoms with Crippen molar-refractivity contribution >= 4 is 17.5 Å². The van der Waals surface area contributed by atoms with Gasteiger partial charge in [-0.1, -0.05) is 30.4 Å². The molecular weight excluding hydrogens is 216 g/mol. The van der Waals surface area contributed by atoms with E-state index in [0.29, 0.717) is 12.2 Å². The second kappa shape index (κ2) is 3.82. The summed E-state index contributed by atoms with van der Waals surface area (Å²) in [6, 6.07) is 8.66. The molecule has 0 aliphatic carbocycles. The maximum absolute atomic E-state index is 12.2. The van der Waals surface area contributed by atoms with Gasteiger partial charge in [-0.25, -0.2) is 4.90 Å². The zero-order valence-electron chi connectivity index (χ0n) is 9.17. The number of hydrogen-bond donors (Lipinski definition) is 1. The van der Waals surface area contributed by atoms with Crippen molar-refractivity contribution in [2.75, 3.05) is 11.4 Å². The van der Waals surface area contributed by atoms with Gasteiger partial charge in [0.15, 0.2) is 0 Å². The Morgan fingerprint density at radius 1 is 1.12 bits per heavy atom. The number of nitrogens with one attached hydrogen (secondary N) is 1. The van der Waals surface area contributed by atoms with Crippen LogP contribution in [0.2, 0.25) is 0 Å². The predicted octanol–water partition coefficient (Wildman–Crippen LogP) is 0.704. The van der Waals surface area contributed by atoms with E-state index in [9.17, 15) is 9.59 Å². The summed E-state index contributed by atoms with van der Waals surface area (Å²) in [6.07, 6.45) is 3.71. The molecule has 0 bridgehead atoms. The van der Waals surface area contributed by atoms with Crippen molar-refractivity contribution in [2.45, 2.75) is 6.04 Å². The molecule has 4 heteroatoms. The molecule has 1 saturated heterocycles. The number of hydrogen-bond acceptors (Lipinski definition) is 3. The van der Waals surface area contributed by atoms with E-state index < -0.39 is 6.04 Å². The van der Waals surface area contributed by atoms with Crippen LogP contribution in [-0.2, 0) is 9.59 Å². The van der Waals surface area contributed by atoms with E-state index in [-0.39, 0.29) is 17.7 Å². The van der Waals surface area contributed by atoms with Gasteiger partial charge in [0.05, 0.1) is 11.6 Å². The first-order chi connectivity index (χ1) is 8.29. The van der Waals surface area contributed by atoms with E-state index in [0.717, 1.165) is 0 Å². The highest BCUT2D eigenvalue weighted by molar-refractivity contribution is 6.24. The standard InChI is InChI=1S/C13H12N2O2/c16-12-10-7-4-8-14-11(10)13(17)15(12)9-5-2-1-3-6-9/h1-7,10-11,14H,8H2. The molecule has 0 aromatic heterocycles. The summed E-state index contributed by atoms with van der Waals surface area (Å²) in [5.41, 5.74) is 0.645. The highest BCUT2D eigenvalue weighted by Gasteiger charge is 2.47. The second-order valence-electron chi connectivity index (χ2n) is 4.19. The van der Waals surface area contributed by atoms with Crippen LogP contribution >= 0.6 is 0 Å². The summed E-state index contributed by atoms with van der Waals surface area (Å²) in [7, 11) is 0. The number of benzene rings is 1. The molecule has 2 aliphatic rings. The van der Waals surface area contributed by atoms with Crippen molar-refractivity contribution in [1.82, 2.24) is 5.32 Å². The summed E-state index contributed by atoms with van der Waals surface area (Å²) in [6.45, 7) is 0.642. The Morgan fingerprint density at radius 3 is 2.59 bits per heavy atom. The van der Waals surface area contributed by atoms with Crippen LogP contribution in [0.25, 0.3) is 0 Å². The fraction of sp³-hybridized carbons (Fsp3) is 0.231. The van der Waals surface area contributed by atoms with Crippen molar-refractivity contribution in [2.24, 2.45) is 5.92 Å². The molecule has 3 rings (SSSR count). The van der Waals surface area contributed by atoms with Gasteiger partial charge in [-0.15, -0.1) is 0 Å². The Labute approximate surface area is 98.9 Å². The minimum absolute atomic E-state index is 0.144. The number of anilines is 1. The zero-order chi connectivity index (χ0) is 11.8. The Hall–Kier alpha value is -1.94. The van der Waals surface area contributed by atoms with E-state index in [1.165, 1.54) is 4.90 Å². The summed E-state index contributed by atoms with van der Waals surface area (Å²) < 4.78 is 0. The van der Waals surface area contributed by atoms with Gasteiger partial charge in [0, 0.05) is 6.54 Å². The monoisotopic (exact) mass is 228 g/mol. The Balaban J connectivity index is 2.00. The van der Waals surface area contributed by atoms with Crippen LogP contribution in [0, 0.1) is 5.92 Å². The van der Waals surface area contributed by atoms with Gasteiger partial charge in [-0.2, -0.15) is 0 Å². The third-order valence-corrected chi connectivity index (χ3v) is 3.16. The van der Waals surface area contributed by atoms with Gasteiger partial charge in [0.2, 0.25) is 5.91 Å². The molecule has 2 heterocycles. The van der Waals surface area contributed by atoms with Crippen molar-refractivity contribution in [3.05, 3.63) is 42.5 Å². The van der Waals surface area contributed by atoms with E-state index in [2.05, 4.69) is 5.32 Å². The number of carbonyl (C=O) groups is 2. The van der Waals surface area contributed by atoms with E-state index >= 15 is 0 Å². The molecule has 2 amide bonds. The Bertz CT molecular complexity index is 495. The molecule has 2 atom stereocenters. The van der Waals surface area contributed by atoms with Gasteiger partial charge >= 0.3 is 0 Å². The highest BCUT2D eigenvalue weighted by Crippen LogP contribution is 2.28. The quantitative estimate of drug-likeness (QED) is 0.568. The summed E-state index contributed by atoms with van der Waals surface area (Å²) >= 11 is 0. The number of carbonyl (C=O) groups excluding carboxylic acids is 2. The molecule has 0 spiro atoms. The van der Waals surface area contributed by atoms with Crippen molar-refractivity contribution in [3.63, 3.8) is 0 Å². The average Bonchev–Trinajstić information content (AvgIpc) is 2.64. The third kappa shape index (κ3) is 1.49. The molecule has 1 aromatic rings. The highest BCUT2D eigenvalue weighted by atomic mass is 16.2. The van der Waals surface area contributed by atoms with E-state index in [4.69, 9.17) is 0 Å². The van der Waals surface area contributed by atoms with E-state index in [1.807, 2.05) is 30.4 Å². The van der Waals surface area contributed by atoms with Gasteiger partial charge in [-0.05, 0) is 12.1 Å². The van der Waals surface area contributed by atoms with Crippen molar-refractivity contribution < 1.29 is 9.59 Å². The number of fused-ring (bicyclic) bond motifs is 1. The minimum Gasteiger partial charge on any atom is -0.301 e. The van der Waals surface area contributed by atoms with Gasteiger partial charge in [-0.3, -0.25) is 9.59 Å². The number of amides is 2. The minimum atomic E-state index is -0.396. The maximum Gasteiger partial charge on any atom is 0.252 e. The third-order valence-electron chi connectivity index (χ3n) is 3.16. The van der Waals surface area contributed by atoms with Crippen LogP contribution in [0.15, 0.2) is 42.5 Å². The number of nitrogens with zero attached hydrogens (tertiary/aromatic N) is 1. The van der Waals surface area contributed by atoms with Crippen LogP contribution < -0.4 is 10.2 Å². The molecular formula is C13H12N2O2. The first kappa shape index (κ1) is 10.2. The smallest absolute Gasteiger partial charge is 0.252 e. The SMILES string of the molecule is O=C1C2C=CCNC2C(=O)N1c1ccccc1. The molecule has 86 valence electrons. The first-order valence-electron chi connectivity index (χ1n) is 5.62. The lowest BCUT2D eigenvalue weighted by atomic mass is 9.99. The average molecular weight is 228 g/mol. The lowest BCUT2D eigenvalue weighted by molar-refractivity contribution is -0.122. The summed E-state index contributed by atoms with van der Waals surface area (Å²) in [5, 5.41) is 3.06. The number of imide groups is 1. The molecule has 2 unspecified atom stereocenters. The van der Waals surface area contributed by atoms with Gasteiger partial charge in [0.1, 0.15) is 6.04 Å². The first-order valence-corrected chi connectivity index (χ1v) is 5.62. The van der Waals surface area contributed by atoms with Gasteiger partial charge in [0.25, 0.3) is 5.91 Å². The molecule has 17 heavy (non-hydrogen) atoms. The molecule has 4 nitrogen and oxygen atoms in total. The van der Waals surface area contributed by atoms with Crippen LogP contribution in [0.1, 0.15) is 0 Å². The lowest BCUT2D eigenvalue weighted by Crippen LogP contribution is -2.42. The van der Waals surface area contributed by atoms with E-state index in [1.54, 1.807) is 12.1 Å². The molecule has 0 radical (unpaired) electrons. The fourth-order valence-corrected chi connectivity index (χ4v) is 2.34. The lowest BCUT2D eigenvalue weighted by Gasteiger charge is -2.16. The Kier molecular flexibility index (Phi) is 2.30. The summed E-state index contributed by atoms with van der Waals surface area (Å²) in [5.74, 6) is -0.651. The number of para-hydroxylation sites is 1. The zero-order valence-corrected chi connectivity index (χ0v) is 9.17. The summed E-state index contributed by atoms with van der Waals surface area (Å²) in [4.78, 5) is 25.6. The fourth-order valence-electron chi connectivity index (χ4n) is 2.34. The van der Waals surface area contributed by atoms with Crippen LogP contribution in [-0.4, -0.2) is 24.4 Å². The predicted molar refractivity (Wildman–Crippen MR) is 63.4 cm³/mol. The topological polar surface area (TPSA) is 49.4 Å². The van der Waals surface area contributed by atoms with Crippen LogP contribution in [0.4, 0.5) is 5.69 Å². The largest absolute Gasteiger partial charge is 0.301 e. The second-order valence-corrected chi connectivity index (χ2v) is 4.19. The normalized spacial score (nSPS) is 27.4. The molecule has 0 saturated carbocycles. The Morgan fingerprint density at radius 2 is 1.88 bits per heavy atom. The molecule has 2 aliphatic heterocycles. The van der Waals surface area contributed by atoms with Gasteiger partial charge < -0.3 is 5.32 Å². The molecule has 1 aromatic carbocycles. The molecule has 1 N–H and O–H groups in total.